The van der Waals surface area contributed by atoms with E-state index >= 15 is 0 Å². The Morgan fingerprint density at radius 2 is 2.00 bits per heavy atom. The van der Waals surface area contributed by atoms with Crippen LogP contribution >= 0.6 is 11.3 Å². The molecule has 0 radical (unpaired) electrons. The molecule has 0 unspecified atom stereocenters. The molecule has 2 aromatic rings. The van der Waals surface area contributed by atoms with E-state index in [0.717, 1.165) is 28.3 Å². The standard InChI is InChI=1S/C15H21N3OS/c1-4-7-14(19)18(11-10-17(2)3)15-16-12-8-5-6-9-13(12)20-15/h5-6,8-9H,4,7,10-11H2,1-3H3. The molecular weight excluding hydrogens is 270 g/mol. The van der Waals surface area contributed by atoms with Gasteiger partial charge in [-0.05, 0) is 32.6 Å². The molecule has 0 saturated carbocycles. The lowest BCUT2D eigenvalue weighted by molar-refractivity contribution is -0.118. The van der Waals surface area contributed by atoms with Crippen molar-refractivity contribution >= 4 is 32.6 Å². The summed E-state index contributed by atoms with van der Waals surface area (Å²) in [6, 6.07) is 8.01. The van der Waals surface area contributed by atoms with Gasteiger partial charge < -0.3 is 4.90 Å². The zero-order chi connectivity index (χ0) is 14.5. The van der Waals surface area contributed by atoms with Gasteiger partial charge in [0.15, 0.2) is 5.13 Å². The summed E-state index contributed by atoms with van der Waals surface area (Å²) in [5, 5.41) is 0.812. The number of aromatic nitrogens is 1. The first-order valence-electron chi connectivity index (χ1n) is 6.92. The number of nitrogens with zero attached hydrogens (tertiary/aromatic N) is 3. The SMILES string of the molecule is CCCC(=O)N(CCN(C)C)c1nc2ccccc2s1. The van der Waals surface area contributed by atoms with Crippen LogP contribution in [0.25, 0.3) is 10.2 Å². The summed E-state index contributed by atoms with van der Waals surface area (Å²) >= 11 is 1.59. The van der Waals surface area contributed by atoms with Crippen molar-refractivity contribution in [1.82, 2.24) is 9.88 Å². The van der Waals surface area contributed by atoms with Crippen LogP contribution in [-0.4, -0.2) is 43.0 Å². The van der Waals surface area contributed by atoms with Crippen molar-refractivity contribution in [3.05, 3.63) is 24.3 Å². The normalized spacial score (nSPS) is 11.2. The highest BCUT2D eigenvalue weighted by molar-refractivity contribution is 7.22. The highest BCUT2D eigenvalue weighted by atomic mass is 32.1. The second kappa shape index (κ2) is 6.81. The molecule has 5 heteroatoms. The van der Waals surface area contributed by atoms with Gasteiger partial charge in [0.25, 0.3) is 0 Å². The van der Waals surface area contributed by atoms with E-state index in [4.69, 9.17) is 0 Å². The molecular formula is C15H21N3OS. The van der Waals surface area contributed by atoms with Crippen molar-refractivity contribution < 1.29 is 4.79 Å². The first-order chi connectivity index (χ1) is 9.61. The molecule has 1 amide bonds. The molecule has 0 aliphatic carbocycles. The van der Waals surface area contributed by atoms with Gasteiger partial charge in [-0.2, -0.15) is 0 Å². The number of carbonyl (C=O) groups is 1. The van der Waals surface area contributed by atoms with Crippen LogP contribution in [0, 0.1) is 0 Å². The minimum atomic E-state index is 0.161. The zero-order valence-corrected chi connectivity index (χ0v) is 13.1. The largest absolute Gasteiger partial charge is 0.308 e. The second-order valence-corrected chi connectivity index (χ2v) is 6.07. The van der Waals surface area contributed by atoms with Crippen LogP contribution in [0.5, 0.6) is 0 Å². The van der Waals surface area contributed by atoms with E-state index < -0.39 is 0 Å². The Kier molecular flexibility index (Phi) is 5.09. The molecule has 1 aromatic heterocycles. The number of para-hydroxylation sites is 1. The second-order valence-electron chi connectivity index (χ2n) is 5.06. The van der Waals surface area contributed by atoms with Gasteiger partial charge in [0.1, 0.15) is 0 Å². The molecule has 0 spiro atoms. The number of fused-ring (bicyclic) bond motifs is 1. The number of likely N-dealkylation sites (N-methyl/N-ethyl adjacent to an activating group) is 1. The molecule has 1 heterocycles. The molecule has 108 valence electrons. The Bertz CT molecular complexity index is 546. The first-order valence-corrected chi connectivity index (χ1v) is 7.74. The summed E-state index contributed by atoms with van der Waals surface area (Å²) in [5.41, 5.74) is 0.964. The van der Waals surface area contributed by atoms with Crippen LogP contribution in [0.15, 0.2) is 24.3 Å². The zero-order valence-electron chi connectivity index (χ0n) is 12.3. The fourth-order valence-corrected chi connectivity index (χ4v) is 2.96. The van der Waals surface area contributed by atoms with Crippen LogP contribution < -0.4 is 4.90 Å². The smallest absolute Gasteiger partial charge is 0.228 e. The van der Waals surface area contributed by atoms with E-state index in [9.17, 15) is 4.79 Å². The highest BCUT2D eigenvalue weighted by Gasteiger charge is 2.18. The van der Waals surface area contributed by atoms with Crippen molar-refractivity contribution in [3.63, 3.8) is 0 Å². The molecule has 1 aromatic carbocycles. The average Bonchev–Trinajstić information content (AvgIpc) is 2.82. The third-order valence-corrected chi connectivity index (χ3v) is 4.11. The number of hydrogen-bond donors (Lipinski definition) is 0. The lowest BCUT2D eigenvalue weighted by atomic mass is 10.3. The third-order valence-electron chi connectivity index (χ3n) is 3.05. The van der Waals surface area contributed by atoms with Gasteiger partial charge in [0.2, 0.25) is 5.91 Å². The van der Waals surface area contributed by atoms with Crippen LogP contribution in [0.3, 0.4) is 0 Å². The van der Waals surface area contributed by atoms with Crippen molar-refractivity contribution in [1.29, 1.82) is 0 Å². The van der Waals surface area contributed by atoms with E-state index in [-0.39, 0.29) is 5.91 Å². The summed E-state index contributed by atoms with van der Waals surface area (Å²) < 4.78 is 1.13. The summed E-state index contributed by atoms with van der Waals surface area (Å²) in [4.78, 5) is 20.8. The topological polar surface area (TPSA) is 36.4 Å². The highest BCUT2D eigenvalue weighted by Crippen LogP contribution is 2.28. The summed E-state index contributed by atoms with van der Waals surface area (Å²) in [6.45, 7) is 3.55. The third kappa shape index (κ3) is 3.55. The minimum Gasteiger partial charge on any atom is -0.308 e. The van der Waals surface area contributed by atoms with Gasteiger partial charge in [0.05, 0.1) is 10.2 Å². The molecule has 0 N–H and O–H groups in total. The Labute approximate surface area is 124 Å². The Balaban J connectivity index is 2.26. The fourth-order valence-electron chi connectivity index (χ4n) is 1.95. The van der Waals surface area contributed by atoms with Crippen molar-refractivity contribution in [2.24, 2.45) is 0 Å². The van der Waals surface area contributed by atoms with Crippen molar-refractivity contribution in [3.8, 4) is 0 Å². The molecule has 0 aliphatic rings. The van der Waals surface area contributed by atoms with Gasteiger partial charge in [-0.15, -0.1) is 0 Å². The number of anilines is 1. The lowest BCUT2D eigenvalue weighted by Gasteiger charge is -2.21. The van der Waals surface area contributed by atoms with Crippen LogP contribution in [0.4, 0.5) is 5.13 Å². The predicted octanol–water partition coefficient (Wildman–Crippen LogP) is 2.99. The predicted molar refractivity (Wildman–Crippen MR) is 85.4 cm³/mol. The molecule has 0 bridgehead atoms. The maximum Gasteiger partial charge on any atom is 0.228 e. The Morgan fingerprint density at radius 1 is 1.25 bits per heavy atom. The Morgan fingerprint density at radius 3 is 2.65 bits per heavy atom. The van der Waals surface area contributed by atoms with Crippen LogP contribution in [0.2, 0.25) is 0 Å². The number of carbonyl (C=O) groups excluding carboxylic acids is 1. The monoisotopic (exact) mass is 291 g/mol. The van der Waals surface area contributed by atoms with Crippen molar-refractivity contribution in [2.45, 2.75) is 19.8 Å². The number of benzene rings is 1. The van der Waals surface area contributed by atoms with Gasteiger partial charge in [-0.3, -0.25) is 9.69 Å². The van der Waals surface area contributed by atoms with E-state index in [1.54, 1.807) is 11.3 Å². The van der Waals surface area contributed by atoms with E-state index in [0.29, 0.717) is 13.0 Å². The van der Waals surface area contributed by atoms with Gasteiger partial charge in [-0.25, -0.2) is 4.98 Å². The maximum atomic E-state index is 12.3. The summed E-state index contributed by atoms with van der Waals surface area (Å²) in [7, 11) is 4.03. The number of rotatable bonds is 6. The number of amides is 1. The molecule has 0 fully saturated rings. The quantitative estimate of drug-likeness (QED) is 0.821. The molecule has 0 saturated heterocycles. The molecule has 2 rings (SSSR count). The molecule has 20 heavy (non-hydrogen) atoms. The van der Waals surface area contributed by atoms with E-state index in [2.05, 4.69) is 9.88 Å². The van der Waals surface area contributed by atoms with Crippen LogP contribution in [-0.2, 0) is 4.79 Å². The molecule has 0 atom stereocenters. The van der Waals surface area contributed by atoms with Gasteiger partial charge in [-0.1, -0.05) is 30.4 Å². The number of hydrogen-bond acceptors (Lipinski definition) is 4. The maximum absolute atomic E-state index is 12.3. The van der Waals surface area contributed by atoms with E-state index in [1.807, 2.05) is 50.2 Å². The minimum absolute atomic E-state index is 0.161. The average molecular weight is 291 g/mol. The fraction of sp³-hybridized carbons (Fsp3) is 0.467. The lowest BCUT2D eigenvalue weighted by Crippen LogP contribution is -2.36. The van der Waals surface area contributed by atoms with Gasteiger partial charge in [0, 0.05) is 19.5 Å². The summed E-state index contributed by atoms with van der Waals surface area (Å²) in [6.07, 6.45) is 1.44. The van der Waals surface area contributed by atoms with Crippen molar-refractivity contribution in [2.75, 3.05) is 32.1 Å². The molecule has 4 nitrogen and oxygen atoms in total. The molecule has 0 aliphatic heterocycles. The number of thiazole rings is 1. The Hall–Kier alpha value is -1.46. The summed E-state index contributed by atoms with van der Waals surface area (Å²) in [5.74, 6) is 0.161. The van der Waals surface area contributed by atoms with E-state index in [1.165, 1.54) is 0 Å². The first kappa shape index (κ1) is 14.9. The van der Waals surface area contributed by atoms with Crippen LogP contribution in [0.1, 0.15) is 19.8 Å². The van der Waals surface area contributed by atoms with Gasteiger partial charge >= 0.3 is 0 Å².